The predicted octanol–water partition coefficient (Wildman–Crippen LogP) is 2.09. The van der Waals surface area contributed by atoms with Gasteiger partial charge in [-0.15, -0.1) is 0 Å². The Morgan fingerprint density at radius 2 is 2.08 bits per heavy atom. The molecule has 4 rings (SSSR count). The van der Waals surface area contributed by atoms with Gasteiger partial charge in [-0.25, -0.2) is 19.0 Å². The van der Waals surface area contributed by atoms with E-state index in [4.69, 9.17) is 9.47 Å². The average molecular weight is 343 g/mol. The molecule has 0 unspecified atom stereocenters. The number of hydrogen-bond acceptors (Lipinski definition) is 6. The molecular weight excluding hydrogens is 325 g/mol. The van der Waals surface area contributed by atoms with Gasteiger partial charge >= 0.3 is 0 Å². The fraction of sp³-hybridized carbons (Fsp3) is 0.353. The zero-order chi connectivity index (χ0) is 17.2. The number of nitrogens with zero attached hydrogens (tertiary/aromatic N) is 4. The van der Waals surface area contributed by atoms with Gasteiger partial charge in [0.2, 0.25) is 5.88 Å². The largest absolute Gasteiger partial charge is 0.497 e. The highest BCUT2D eigenvalue weighted by Crippen LogP contribution is 2.27. The Kier molecular flexibility index (Phi) is 4.19. The van der Waals surface area contributed by atoms with E-state index in [1.54, 1.807) is 18.3 Å². The first-order valence-corrected chi connectivity index (χ1v) is 8.16. The summed E-state index contributed by atoms with van der Waals surface area (Å²) >= 11 is 0. The molecule has 7 nitrogen and oxygen atoms in total. The van der Waals surface area contributed by atoms with Crippen molar-refractivity contribution < 1.29 is 13.9 Å². The molecule has 0 atom stereocenters. The second-order valence-electron chi connectivity index (χ2n) is 5.86. The topological polar surface area (TPSA) is 74.1 Å². The van der Waals surface area contributed by atoms with Crippen molar-refractivity contribution in [2.24, 2.45) is 0 Å². The van der Waals surface area contributed by atoms with Crippen molar-refractivity contribution in [1.29, 1.82) is 0 Å². The maximum atomic E-state index is 14.4. The van der Waals surface area contributed by atoms with Crippen molar-refractivity contribution in [3.05, 3.63) is 36.5 Å². The van der Waals surface area contributed by atoms with Crippen LogP contribution in [0.4, 0.5) is 4.39 Å². The third-order valence-electron chi connectivity index (χ3n) is 4.28. The predicted molar refractivity (Wildman–Crippen MR) is 89.7 cm³/mol. The molecule has 2 aromatic heterocycles. The summed E-state index contributed by atoms with van der Waals surface area (Å²) in [6, 6.07) is 4.60. The molecule has 3 aromatic rings. The summed E-state index contributed by atoms with van der Waals surface area (Å²) in [5, 5.41) is 8.24. The van der Waals surface area contributed by atoms with Crippen molar-refractivity contribution in [3.63, 3.8) is 0 Å². The van der Waals surface area contributed by atoms with Gasteiger partial charge in [0.25, 0.3) is 0 Å². The van der Waals surface area contributed by atoms with Crippen molar-refractivity contribution >= 4 is 11.0 Å². The van der Waals surface area contributed by atoms with Crippen LogP contribution in [-0.2, 0) is 0 Å². The third-order valence-corrected chi connectivity index (χ3v) is 4.28. The molecule has 0 radical (unpaired) electrons. The number of hydrogen-bond donors (Lipinski definition) is 1. The van der Waals surface area contributed by atoms with Crippen molar-refractivity contribution in [1.82, 2.24) is 25.1 Å². The molecule has 1 N–H and O–H groups in total. The van der Waals surface area contributed by atoms with Crippen molar-refractivity contribution in [3.8, 4) is 17.3 Å². The number of aromatic nitrogens is 4. The lowest BCUT2D eigenvalue weighted by atomic mass is 10.1. The Morgan fingerprint density at radius 3 is 2.84 bits per heavy atom. The van der Waals surface area contributed by atoms with E-state index in [0.717, 1.165) is 25.9 Å². The molecule has 130 valence electrons. The van der Waals surface area contributed by atoms with Crippen LogP contribution >= 0.6 is 0 Å². The SMILES string of the molecule is COc1ccc(-n2ncc3c(OC4CCNCC4)ncnc32)c(F)c1. The van der Waals surface area contributed by atoms with E-state index in [1.165, 1.54) is 24.2 Å². The summed E-state index contributed by atoms with van der Waals surface area (Å²) in [4.78, 5) is 8.49. The zero-order valence-electron chi connectivity index (χ0n) is 13.8. The standard InChI is InChI=1S/C17H18FN5O2/c1-24-12-2-3-15(14(18)8-12)23-16-13(9-22-23)17(21-10-20-16)25-11-4-6-19-7-5-11/h2-3,8-11,19H,4-7H2,1H3. The summed E-state index contributed by atoms with van der Waals surface area (Å²) in [6.07, 6.45) is 4.98. The van der Waals surface area contributed by atoms with Gasteiger partial charge in [-0.2, -0.15) is 5.10 Å². The molecule has 0 saturated carbocycles. The van der Waals surface area contributed by atoms with E-state index in [-0.39, 0.29) is 6.10 Å². The number of piperidine rings is 1. The van der Waals surface area contributed by atoms with E-state index >= 15 is 0 Å². The highest BCUT2D eigenvalue weighted by Gasteiger charge is 2.19. The van der Waals surface area contributed by atoms with Crippen molar-refractivity contribution in [2.75, 3.05) is 20.2 Å². The monoisotopic (exact) mass is 343 g/mol. The van der Waals surface area contributed by atoms with Gasteiger partial charge in [-0.05, 0) is 38.1 Å². The van der Waals surface area contributed by atoms with E-state index in [2.05, 4.69) is 20.4 Å². The third kappa shape index (κ3) is 3.00. The summed E-state index contributed by atoms with van der Waals surface area (Å²) in [5.41, 5.74) is 0.797. The Morgan fingerprint density at radius 1 is 1.24 bits per heavy atom. The highest BCUT2D eigenvalue weighted by molar-refractivity contribution is 5.81. The van der Waals surface area contributed by atoms with Crippen molar-refractivity contribution in [2.45, 2.75) is 18.9 Å². The van der Waals surface area contributed by atoms with E-state index < -0.39 is 5.82 Å². The smallest absolute Gasteiger partial charge is 0.228 e. The molecule has 1 aliphatic heterocycles. The average Bonchev–Trinajstić information content (AvgIpc) is 3.07. The molecule has 1 aromatic carbocycles. The minimum atomic E-state index is -0.441. The van der Waals surface area contributed by atoms with Crippen LogP contribution in [0.2, 0.25) is 0 Å². The molecule has 1 aliphatic rings. The number of rotatable bonds is 4. The molecule has 0 spiro atoms. The zero-order valence-corrected chi connectivity index (χ0v) is 13.8. The van der Waals surface area contributed by atoms with Gasteiger partial charge in [-0.1, -0.05) is 0 Å². The van der Waals surface area contributed by atoms with Crippen LogP contribution in [0, 0.1) is 5.82 Å². The molecule has 0 amide bonds. The lowest BCUT2D eigenvalue weighted by Gasteiger charge is -2.23. The molecule has 0 aliphatic carbocycles. The molecule has 1 saturated heterocycles. The number of methoxy groups -OCH3 is 1. The lowest BCUT2D eigenvalue weighted by molar-refractivity contribution is 0.158. The Bertz CT molecular complexity index is 892. The number of ether oxygens (including phenoxy) is 2. The van der Waals surface area contributed by atoms with Gasteiger partial charge < -0.3 is 14.8 Å². The Balaban J connectivity index is 1.71. The van der Waals surface area contributed by atoms with Crippen LogP contribution in [0.5, 0.6) is 11.6 Å². The van der Waals surface area contributed by atoms with Gasteiger partial charge in [-0.3, -0.25) is 0 Å². The highest BCUT2D eigenvalue weighted by atomic mass is 19.1. The van der Waals surface area contributed by atoms with Crippen LogP contribution in [0.25, 0.3) is 16.7 Å². The molecule has 8 heteroatoms. The molecule has 1 fully saturated rings. The summed E-state index contributed by atoms with van der Waals surface area (Å²) in [5.74, 6) is 0.489. The summed E-state index contributed by atoms with van der Waals surface area (Å²) in [7, 11) is 1.50. The molecular formula is C17H18FN5O2. The second kappa shape index (κ2) is 6.64. The minimum Gasteiger partial charge on any atom is -0.497 e. The number of fused-ring (bicyclic) bond motifs is 1. The summed E-state index contributed by atoms with van der Waals surface area (Å²) < 4.78 is 26.9. The van der Waals surface area contributed by atoms with Crippen LogP contribution < -0.4 is 14.8 Å². The number of nitrogens with one attached hydrogen (secondary N) is 1. The fourth-order valence-corrected chi connectivity index (χ4v) is 2.95. The fourth-order valence-electron chi connectivity index (χ4n) is 2.95. The number of halogens is 1. The first-order valence-electron chi connectivity index (χ1n) is 8.16. The van der Waals surface area contributed by atoms with Gasteiger partial charge in [0.15, 0.2) is 11.5 Å². The quantitative estimate of drug-likeness (QED) is 0.782. The Hall–Kier alpha value is -2.74. The minimum absolute atomic E-state index is 0.112. The summed E-state index contributed by atoms with van der Waals surface area (Å²) in [6.45, 7) is 1.85. The van der Waals surface area contributed by atoms with E-state index in [9.17, 15) is 4.39 Å². The van der Waals surface area contributed by atoms with Crippen LogP contribution in [0.15, 0.2) is 30.7 Å². The van der Waals surface area contributed by atoms with Gasteiger partial charge in [0.1, 0.15) is 29.3 Å². The maximum Gasteiger partial charge on any atom is 0.228 e. The second-order valence-corrected chi connectivity index (χ2v) is 5.86. The van der Waals surface area contributed by atoms with Gasteiger partial charge in [0, 0.05) is 6.07 Å². The molecule has 0 bridgehead atoms. The number of benzene rings is 1. The maximum absolute atomic E-state index is 14.4. The lowest BCUT2D eigenvalue weighted by Crippen LogP contribution is -2.34. The molecule has 25 heavy (non-hydrogen) atoms. The van der Waals surface area contributed by atoms with Crippen LogP contribution in [-0.4, -0.2) is 46.1 Å². The van der Waals surface area contributed by atoms with Gasteiger partial charge in [0.05, 0.1) is 13.3 Å². The van der Waals surface area contributed by atoms with E-state index in [0.29, 0.717) is 28.4 Å². The Labute approximate surface area is 143 Å². The van der Waals surface area contributed by atoms with E-state index in [1.807, 2.05) is 0 Å². The molecule has 3 heterocycles. The van der Waals surface area contributed by atoms with Crippen LogP contribution in [0.1, 0.15) is 12.8 Å². The first kappa shape index (κ1) is 15.8. The normalized spacial score (nSPS) is 15.4. The van der Waals surface area contributed by atoms with Crippen LogP contribution in [0.3, 0.4) is 0 Å². The first-order chi connectivity index (χ1) is 12.3.